The van der Waals surface area contributed by atoms with E-state index >= 15 is 0 Å². The van der Waals surface area contributed by atoms with E-state index in [0.29, 0.717) is 0 Å². The highest BCUT2D eigenvalue weighted by Gasteiger charge is 2.47. The van der Waals surface area contributed by atoms with Gasteiger partial charge in [-0.2, -0.15) is 0 Å². The quantitative estimate of drug-likeness (QED) is 0.687. The van der Waals surface area contributed by atoms with Gasteiger partial charge in [0.25, 0.3) is 0 Å². The summed E-state index contributed by atoms with van der Waals surface area (Å²) in [6, 6.07) is 13.3. The standard InChI is InChI=1S/C19H21NO2/c1-19(2,3)22-18(21)20-16-8-9-17(20)15-11-13-7-5-4-6-12(13)10-14(15)16/h4-7,10-11,16-17H,8-9H2,1-3H3/t16-,17+. The smallest absolute Gasteiger partial charge is 0.411 e. The molecule has 2 atom stereocenters. The van der Waals surface area contributed by atoms with Crippen LogP contribution in [-0.2, 0) is 4.74 Å². The van der Waals surface area contributed by atoms with Gasteiger partial charge in [0.1, 0.15) is 5.60 Å². The van der Waals surface area contributed by atoms with Gasteiger partial charge in [0.15, 0.2) is 0 Å². The Morgan fingerprint density at radius 3 is 2.00 bits per heavy atom. The monoisotopic (exact) mass is 295 g/mol. The normalized spacial score (nSPS) is 23.0. The van der Waals surface area contributed by atoms with Crippen molar-refractivity contribution >= 4 is 16.9 Å². The number of carbonyl (C=O) groups is 1. The first-order chi connectivity index (χ1) is 10.4. The third-order valence-electron chi connectivity index (χ3n) is 4.66. The van der Waals surface area contributed by atoms with Crippen LogP contribution in [0, 0.1) is 0 Å². The number of nitrogens with zero attached hydrogens (tertiary/aromatic N) is 1. The molecule has 0 unspecified atom stereocenters. The highest BCUT2D eigenvalue weighted by Crippen LogP contribution is 2.54. The first kappa shape index (κ1) is 13.6. The minimum atomic E-state index is -0.448. The molecule has 0 aliphatic carbocycles. The van der Waals surface area contributed by atoms with Crippen LogP contribution in [0.3, 0.4) is 0 Å². The molecule has 2 aromatic carbocycles. The molecule has 1 saturated heterocycles. The van der Waals surface area contributed by atoms with E-state index in [4.69, 9.17) is 4.74 Å². The van der Waals surface area contributed by atoms with Gasteiger partial charge in [-0.1, -0.05) is 24.3 Å². The highest BCUT2D eigenvalue weighted by molar-refractivity contribution is 5.85. The zero-order chi connectivity index (χ0) is 15.5. The van der Waals surface area contributed by atoms with Crippen molar-refractivity contribution < 1.29 is 9.53 Å². The fraction of sp³-hybridized carbons (Fsp3) is 0.421. The summed E-state index contributed by atoms with van der Waals surface area (Å²) in [7, 11) is 0. The summed E-state index contributed by atoms with van der Waals surface area (Å²) in [5.74, 6) is 0. The topological polar surface area (TPSA) is 29.5 Å². The van der Waals surface area contributed by atoms with E-state index in [0.717, 1.165) is 12.8 Å². The molecule has 0 saturated carbocycles. The van der Waals surface area contributed by atoms with Crippen molar-refractivity contribution in [2.24, 2.45) is 0 Å². The highest BCUT2D eigenvalue weighted by atomic mass is 16.6. The molecule has 1 fully saturated rings. The Labute approximate surface area is 130 Å². The van der Waals surface area contributed by atoms with Crippen LogP contribution >= 0.6 is 0 Å². The summed E-state index contributed by atoms with van der Waals surface area (Å²) < 4.78 is 5.62. The predicted octanol–water partition coefficient (Wildman–Crippen LogP) is 4.97. The van der Waals surface area contributed by atoms with Gasteiger partial charge in [0, 0.05) is 0 Å². The molecule has 2 aromatic rings. The Bertz CT molecular complexity index is 709. The van der Waals surface area contributed by atoms with Crippen LogP contribution in [-0.4, -0.2) is 16.6 Å². The number of hydrogen-bond acceptors (Lipinski definition) is 2. The maximum Gasteiger partial charge on any atom is 0.411 e. The number of benzene rings is 2. The molecule has 0 aromatic heterocycles. The third-order valence-corrected chi connectivity index (χ3v) is 4.66. The van der Waals surface area contributed by atoms with Crippen molar-refractivity contribution in [3.8, 4) is 0 Å². The predicted molar refractivity (Wildman–Crippen MR) is 86.7 cm³/mol. The summed E-state index contributed by atoms with van der Waals surface area (Å²) in [6.07, 6.45) is 1.89. The number of rotatable bonds is 0. The first-order valence-corrected chi connectivity index (χ1v) is 7.98. The Morgan fingerprint density at radius 1 is 1.05 bits per heavy atom. The van der Waals surface area contributed by atoms with Gasteiger partial charge in [0.2, 0.25) is 0 Å². The molecule has 0 spiro atoms. The maximum atomic E-state index is 12.6. The van der Waals surface area contributed by atoms with Crippen molar-refractivity contribution in [2.75, 3.05) is 0 Å². The van der Waals surface area contributed by atoms with Crippen LogP contribution in [0.25, 0.3) is 10.8 Å². The minimum Gasteiger partial charge on any atom is -0.444 e. The van der Waals surface area contributed by atoms with Crippen molar-refractivity contribution in [1.82, 2.24) is 4.90 Å². The lowest BCUT2D eigenvalue weighted by Crippen LogP contribution is -2.34. The molecule has 2 aliphatic heterocycles. The van der Waals surface area contributed by atoms with Gasteiger partial charge in [-0.05, 0) is 67.6 Å². The van der Waals surface area contributed by atoms with E-state index in [1.165, 1.54) is 21.9 Å². The van der Waals surface area contributed by atoms with Gasteiger partial charge >= 0.3 is 6.09 Å². The number of amides is 1. The second-order valence-electron chi connectivity index (χ2n) is 7.32. The Balaban J connectivity index is 1.74. The van der Waals surface area contributed by atoms with E-state index < -0.39 is 5.60 Å². The summed E-state index contributed by atoms with van der Waals surface area (Å²) in [6.45, 7) is 5.76. The van der Waals surface area contributed by atoms with Crippen LogP contribution in [0.5, 0.6) is 0 Å². The van der Waals surface area contributed by atoms with Gasteiger partial charge in [-0.3, -0.25) is 4.90 Å². The summed E-state index contributed by atoms with van der Waals surface area (Å²) in [5, 5.41) is 2.50. The van der Waals surface area contributed by atoms with Crippen molar-refractivity contribution in [3.05, 3.63) is 47.5 Å². The van der Waals surface area contributed by atoms with Crippen LogP contribution in [0.2, 0.25) is 0 Å². The average molecular weight is 295 g/mol. The second kappa shape index (κ2) is 4.48. The van der Waals surface area contributed by atoms with Crippen molar-refractivity contribution in [1.29, 1.82) is 0 Å². The molecule has 3 nitrogen and oxygen atoms in total. The Kier molecular flexibility index (Phi) is 2.77. The van der Waals surface area contributed by atoms with E-state index in [9.17, 15) is 4.79 Å². The molecule has 0 N–H and O–H groups in total. The lowest BCUT2D eigenvalue weighted by molar-refractivity contribution is 0.0177. The molecule has 4 rings (SSSR count). The molecule has 22 heavy (non-hydrogen) atoms. The van der Waals surface area contributed by atoms with E-state index in [2.05, 4.69) is 36.4 Å². The van der Waals surface area contributed by atoms with Crippen LogP contribution in [0.15, 0.2) is 36.4 Å². The second-order valence-corrected chi connectivity index (χ2v) is 7.32. The van der Waals surface area contributed by atoms with Crippen molar-refractivity contribution in [2.45, 2.75) is 51.3 Å². The number of hydrogen-bond donors (Lipinski definition) is 0. The molecular weight excluding hydrogens is 274 g/mol. The van der Waals surface area contributed by atoms with Gasteiger partial charge in [-0.15, -0.1) is 0 Å². The van der Waals surface area contributed by atoms with E-state index in [1.807, 2.05) is 25.7 Å². The number of carbonyl (C=O) groups excluding carboxylic acids is 1. The molecule has 1 amide bonds. The zero-order valence-electron chi connectivity index (χ0n) is 13.3. The number of ether oxygens (including phenoxy) is 1. The van der Waals surface area contributed by atoms with Gasteiger partial charge in [-0.25, -0.2) is 4.79 Å². The lowest BCUT2D eigenvalue weighted by Gasteiger charge is -2.27. The molecule has 2 bridgehead atoms. The Hall–Kier alpha value is -2.03. The van der Waals surface area contributed by atoms with Crippen LogP contribution in [0.4, 0.5) is 4.79 Å². The summed E-state index contributed by atoms with van der Waals surface area (Å²) >= 11 is 0. The minimum absolute atomic E-state index is 0.180. The molecular formula is C19H21NO2. The largest absolute Gasteiger partial charge is 0.444 e. The molecule has 3 heteroatoms. The average Bonchev–Trinajstić information content (AvgIpc) is 3.00. The molecule has 0 radical (unpaired) electrons. The van der Waals surface area contributed by atoms with E-state index in [1.54, 1.807) is 0 Å². The fourth-order valence-corrected chi connectivity index (χ4v) is 3.84. The zero-order valence-corrected chi connectivity index (χ0v) is 13.3. The first-order valence-electron chi connectivity index (χ1n) is 7.98. The SMILES string of the molecule is CC(C)(C)OC(=O)N1[C@@H]2CC[C@H]1c1cc3ccccc3cc12. The maximum absolute atomic E-state index is 12.6. The fourth-order valence-electron chi connectivity index (χ4n) is 3.84. The van der Waals surface area contributed by atoms with Crippen LogP contribution < -0.4 is 0 Å². The number of fused-ring (bicyclic) bond motifs is 6. The summed E-state index contributed by atoms with van der Waals surface area (Å²) in [5.41, 5.74) is 2.16. The van der Waals surface area contributed by atoms with Gasteiger partial charge < -0.3 is 4.74 Å². The molecule has 2 aliphatic rings. The summed E-state index contributed by atoms with van der Waals surface area (Å²) in [4.78, 5) is 14.5. The third kappa shape index (κ3) is 1.99. The molecule has 114 valence electrons. The van der Waals surface area contributed by atoms with E-state index in [-0.39, 0.29) is 18.2 Å². The van der Waals surface area contributed by atoms with Gasteiger partial charge in [0.05, 0.1) is 12.1 Å². The van der Waals surface area contributed by atoms with Crippen molar-refractivity contribution in [3.63, 3.8) is 0 Å². The van der Waals surface area contributed by atoms with Crippen LogP contribution in [0.1, 0.15) is 56.8 Å². The molecule has 2 heterocycles. The lowest BCUT2D eigenvalue weighted by atomic mass is 9.89. The Morgan fingerprint density at radius 2 is 1.55 bits per heavy atom.